The van der Waals surface area contributed by atoms with Crippen molar-refractivity contribution in [2.45, 2.75) is 25.7 Å². The first-order valence-electron chi connectivity index (χ1n) is 10.9. The number of nitrogens with two attached hydrogens (primary N) is 2. The molecule has 0 saturated heterocycles. The van der Waals surface area contributed by atoms with E-state index in [-0.39, 0.29) is 23.8 Å². The molecule has 2 aromatic carbocycles. The second kappa shape index (κ2) is 14.7. The van der Waals surface area contributed by atoms with Gasteiger partial charge in [0.15, 0.2) is 11.9 Å². The summed E-state index contributed by atoms with van der Waals surface area (Å²) in [7, 11) is 0. The molecule has 36 heavy (non-hydrogen) atoms. The van der Waals surface area contributed by atoms with Gasteiger partial charge in [0.2, 0.25) is 11.9 Å². The molecule has 0 saturated carbocycles. The predicted molar refractivity (Wildman–Crippen MR) is 144 cm³/mol. The van der Waals surface area contributed by atoms with Crippen LogP contribution in [0.4, 0.5) is 11.4 Å². The standard InChI is InChI=1S/C22H30Cl2N10O2/c23-15-5-9-17(10-6-15)33(21(29)31-19(25)26)35-13-3-1-2-4-14-36-34(22(30)32-20(27)28)18-11-7-16(24)8-12-18/h5-12H,1-4,13-14H2,(H5,25,26,29,31)(H5,27,28,30,32). The lowest BCUT2D eigenvalue weighted by molar-refractivity contribution is 0.127. The molecule has 0 fully saturated rings. The highest BCUT2D eigenvalue weighted by Crippen LogP contribution is 2.20. The van der Waals surface area contributed by atoms with Crippen molar-refractivity contribution >= 4 is 58.4 Å². The minimum absolute atomic E-state index is 0.192. The quantitative estimate of drug-likeness (QED) is 0.0921. The normalized spacial score (nSPS) is 10.4. The minimum Gasteiger partial charge on any atom is -0.370 e. The summed E-state index contributed by atoms with van der Waals surface area (Å²) >= 11 is 11.9. The summed E-state index contributed by atoms with van der Waals surface area (Å²) in [6.07, 6.45) is 3.07. The third-order valence-electron chi connectivity index (χ3n) is 4.51. The highest BCUT2D eigenvalue weighted by Gasteiger charge is 2.15. The van der Waals surface area contributed by atoms with Gasteiger partial charge in [0.1, 0.15) is 0 Å². The zero-order chi connectivity index (χ0) is 26.5. The molecule has 0 aliphatic rings. The molecule has 0 heterocycles. The molecule has 0 atom stereocenters. The number of nitrogens with zero attached hydrogens (tertiary/aromatic N) is 2. The maximum absolute atomic E-state index is 8.10. The van der Waals surface area contributed by atoms with Gasteiger partial charge in [-0.15, -0.1) is 0 Å². The fraction of sp³-hybridized carbons (Fsp3) is 0.273. The van der Waals surface area contributed by atoms with E-state index < -0.39 is 0 Å². The maximum atomic E-state index is 8.10. The predicted octanol–water partition coefficient (Wildman–Crippen LogP) is 3.57. The fourth-order valence-corrected chi connectivity index (χ4v) is 3.17. The first-order valence-corrected chi connectivity index (χ1v) is 11.7. The minimum atomic E-state index is -0.373. The maximum Gasteiger partial charge on any atom is 0.227 e. The second-order valence-corrected chi connectivity index (χ2v) is 8.27. The lowest BCUT2D eigenvalue weighted by atomic mass is 10.2. The SMILES string of the molecule is N=C(N)NC(=N)N(OCCCCCCON(C(=N)NC(=N)N)c1ccc(Cl)cc1)c1ccc(Cl)cc1. The molecule has 194 valence electrons. The number of rotatable bonds is 11. The number of hydrogen-bond donors (Lipinski definition) is 8. The van der Waals surface area contributed by atoms with Gasteiger partial charge in [0.05, 0.1) is 24.6 Å². The van der Waals surface area contributed by atoms with Crippen LogP contribution in [-0.2, 0) is 9.68 Å². The van der Waals surface area contributed by atoms with Crippen molar-refractivity contribution in [2.24, 2.45) is 11.5 Å². The Labute approximate surface area is 219 Å². The van der Waals surface area contributed by atoms with Crippen LogP contribution in [0.3, 0.4) is 0 Å². The van der Waals surface area contributed by atoms with Crippen LogP contribution in [0.15, 0.2) is 48.5 Å². The summed E-state index contributed by atoms with van der Waals surface area (Å²) in [5.74, 6) is -1.13. The highest BCUT2D eigenvalue weighted by atomic mass is 35.5. The van der Waals surface area contributed by atoms with Gasteiger partial charge in [-0.05, 0) is 61.4 Å². The van der Waals surface area contributed by atoms with Crippen LogP contribution in [0.1, 0.15) is 25.7 Å². The zero-order valence-electron chi connectivity index (χ0n) is 19.5. The van der Waals surface area contributed by atoms with E-state index >= 15 is 0 Å². The summed E-state index contributed by atoms with van der Waals surface area (Å²) in [6, 6.07) is 13.5. The van der Waals surface area contributed by atoms with Gasteiger partial charge >= 0.3 is 0 Å². The van der Waals surface area contributed by atoms with Crippen molar-refractivity contribution in [1.82, 2.24) is 10.6 Å². The number of hydrogen-bond acceptors (Lipinski definition) is 6. The number of nitrogens with one attached hydrogen (secondary N) is 6. The third-order valence-corrected chi connectivity index (χ3v) is 5.02. The lowest BCUT2D eigenvalue weighted by Gasteiger charge is -2.24. The highest BCUT2D eigenvalue weighted by molar-refractivity contribution is 6.31. The van der Waals surface area contributed by atoms with Crippen LogP contribution < -0.4 is 32.2 Å². The number of halogens is 2. The number of hydroxylamine groups is 2. The average Bonchev–Trinajstić information content (AvgIpc) is 2.81. The van der Waals surface area contributed by atoms with Crippen LogP contribution in [0, 0.1) is 21.6 Å². The van der Waals surface area contributed by atoms with E-state index in [1.807, 2.05) is 0 Å². The van der Waals surface area contributed by atoms with Gasteiger partial charge in [-0.1, -0.05) is 36.0 Å². The molecule has 0 amide bonds. The molecule has 0 bridgehead atoms. The molecule has 0 aliphatic heterocycles. The largest absolute Gasteiger partial charge is 0.370 e. The molecule has 2 rings (SSSR count). The average molecular weight is 537 g/mol. The molecule has 0 spiro atoms. The lowest BCUT2D eigenvalue weighted by Crippen LogP contribution is -2.46. The number of unbranched alkanes of at least 4 members (excludes halogenated alkanes) is 3. The van der Waals surface area contributed by atoms with Crippen molar-refractivity contribution in [2.75, 3.05) is 23.3 Å². The number of anilines is 2. The van der Waals surface area contributed by atoms with Gasteiger partial charge < -0.3 is 11.5 Å². The molecule has 10 N–H and O–H groups in total. The first kappa shape index (κ1) is 28.7. The molecule has 0 aliphatic carbocycles. The van der Waals surface area contributed by atoms with Crippen LogP contribution in [0.5, 0.6) is 0 Å². The van der Waals surface area contributed by atoms with Crippen molar-refractivity contribution in [3.05, 3.63) is 58.6 Å². The molecule has 14 heteroatoms. The van der Waals surface area contributed by atoms with Crippen LogP contribution in [0.25, 0.3) is 0 Å². The van der Waals surface area contributed by atoms with Crippen LogP contribution in [-0.4, -0.2) is 37.1 Å². The van der Waals surface area contributed by atoms with Crippen molar-refractivity contribution < 1.29 is 9.68 Å². The van der Waals surface area contributed by atoms with Gasteiger partial charge in [0.25, 0.3) is 0 Å². The van der Waals surface area contributed by atoms with E-state index in [0.29, 0.717) is 47.5 Å². The Balaban J connectivity index is 1.79. The molecular formula is C22H30Cl2N10O2. The van der Waals surface area contributed by atoms with E-state index in [2.05, 4.69) is 10.6 Å². The monoisotopic (exact) mass is 536 g/mol. The number of guanidine groups is 4. The van der Waals surface area contributed by atoms with Crippen LogP contribution >= 0.6 is 23.2 Å². The molecule has 12 nitrogen and oxygen atoms in total. The van der Waals surface area contributed by atoms with E-state index in [1.165, 1.54) is 10.1 Å². The Morgan fingerprint density at radius 3 is 1.28 bits per heavy atom. The molecule has 0 radical (unpaired) electrons. The summed E-state index contributed by atoms with van der Waals surface area (Å²) < 4.78 is 0. The van der Waals surface area contributed by atoms with Crippen molar-refractivity contribution in [3.8, 4) is 0 Å². The number of benzene rings is 2. The zero-order valence-corrected chi connectivity index (χ0v) is 21.0. The van der Waals surface area contributed by atoms with Crippen molar-refractivity contribution in [1.29, 1.82) is 21.6 Å². The van der Waals surface area contributed by atoms with Gasteiger partial charge in [-0.25, -0.2) is 0 Å². The Morgan fingerprint density at radius 2 is 0.972 bits per heavy atom. The molecule has 0 aromatic heterocycles. The third kappa shape index (κ3) is 9.96. The van der Waals surface area contributed by atoms with Gasteiger partial charge in [-0.2, -0.15) is 10.1 Å². The Morgan fingerprint density at radius 1 is 0.639 bits per heavy atom. The summed E-state index contributed by atoms with van der Waals surface area (Å²) in [6.45, 7) is 0.658. The Bertz CT molecular complexity index is 951. The Kier molecular flexibility index (Phi) is 11.7. The van der Waals surface area contributed by atoms with E-state index in [1.54, 1.807) is 48.5 Å². The fourth-order valence-electron chi connectivity index (χ4n) is 2.92. The summed E-state index contributed by atoms with van der Waals surface area (Å²) in [4.78, 5) is 11.5. The van der Waals surface area contributed by atoms with Crippen molar-refractivity contribution in [3.63, 3.8) is 0 Å². The Hall–Kier alpha value is -3.58. The van der Waals surface area contributed by atoms with Crippen LogP contribution in [0.2, 0.25) is 10.0 Å². The smallest absolute Gasteiger partial charge is 0.227 e. The summed E-state index contributed by atoms with van der Waals surface area (Å²) in [5.41, 5.74) is 11.8. The van der Waals surface area contributed by atoms with E-state index in [9.17, 15) is 0 Å². The molecular weight excluding hydrogens is 507 g/mol. The molecule has 2 aromatic rings. The van der Waals surface area contributed by atoms with E-state index in [0.717, 1.165) is 12.8 Å². The second-order valence-electron chi connectivity index (χ2n) is 7.40. The first-order chi connectivity index (χ1) is 17.2. The summed E-state index contributed by atoms with van der Waals surface area (Å²) in [5, 5.41) is 39.3. The van der Waals surface area contributed by atoms with E-state index in [4.69, 9.17) is 66.0 Å². The van der Waals surface area contributed by atoms with Gasteiger partial charge in [0, 0.05) is 10.0 Å². The topological polar surface area (TPSA) is 196 Å². The van der Waals surface area contributed by atoms with Gasteiger partial charge in [-0.3, -0.25) is 41.9 Å². The molecule has 0 unspecified atom stereocenters.